The number of halogens is 1. The fourth-order valence-corrected chi connectivity index (χ4v) is 4.10. The van der Waals surface area contributed by atoms with E-state index in [4.69, 9.17) is 11.6 Å². The van der Waals surface area contributed by atoms with Gasteiger partial charge in [0.15, 0.2) is 0 Å². The van der Waals surface area contributed by atoms with E-state index in [1.165, 1.54) is 19.4 Å². The Hall–Kier alpha value is -1.24. The zero-order chi connectivity index (χ0) is 19.2. The summed E-state index contributed by atoms with van der Waals surface area (Å²) in [5.41, 5.74) is 0.412. The molecule has 2 aliphatic rings. The summed E-state index contributed by atoms with van der Waals surface area (Å²) in [6, 6.07) is 6.43. The molecule has 1 aromatic carbocycles. The average Bonchev–Trinajstić information content (AvgIpc) is 3.49. The van der Waals surface area contributed by atoms with E-state index in [0.717, 1.165) is 37.8 Å². The number of hydrogen-bond donors (Lipinski definition) is 1. The molecule has 0 radical (unpaired) electrons. The molecule has 1 aliphatic carbocycles. The highest BCUT2D eigenvalue weighted by Gasteiger charge is 2.31. The van der Waals surface area contributed by atoms with Gasteiger partial charge in [0.25, 0.3) is 5.91 Å². The Morgan fingerprint density at radius 1 is 1.22 bits per heavy atom. The van der Waals surface area contributed by atoms with Crippen molar-refractivity contribution in [2.24, 2.45) is 5.92 Å². The van der Waals surface area contributed by atoms with Crippen molar-refractivity contribution in [1.82, 2.24) is 15.1 Å². The number of nitrogens with zero attached hydrogens (tertiary/aromatic N) is 2. The predicted molar refractivity (Wildman–Crippen MR) is 111 cm³/mol. The monoisotopic (exact) mass is 409 g/mol. The van der Waals surface area contributed by atoms with Crippen LogP contribution in [-0.2, 0) is 4.79 Å². The third-order valence-electron chi connectivity index (χ3n) is 5.23. The molecule has 1 aliphatic heterocycles. The van der Waals surface area contributed by atoms with Crippen LogP contribution in [0.4, 0.5) is 0 Å². The molecule has 1 aromatic rings. The number of carbonyl (C=O) groups excluding carboxylic acids is 2. The van der Waals surface area contributed by atoms with Crippen LogP contribution in [0.5, 0.6) is 0 Å². The fourth-order valence-electron chi connectivity index (χ4n) is 3.41. The molecule has 0 bridgehead atoms. The first-order valence-corrected chi connectivity index (χ1v) is 11.4. The largest absolute Gasteiger partial charge is 0.340 e. The Kier molecular flexibility index (Phi) is 7.44. The maximum atomic E-state index is 13.0. The van der Waals surface area contributed by atoms with Crippen LogP contribution in [0, 0.1) is 5.92 Å². The molecule has 3 rings (SSSR count). The molecule has 1 N–H and O–H groups in total. The zero-order valence-corrected chi connectivity index (χ0v) is 17.4. The number of benzene rings is 1. The van der Waals surface area contributed by atoms with Crippen LogP contribution in [0.15, 0.2) is 24.3 Å². The second-order valence-corrected chi connectivity index (χ2v) is 8.75. The molecule has 2 amide bonds. The van der Waals surface area contributed by atoms with Gasteiger partial charge in [0, 0.05) is 32.7 Å². The van der Waals surface area contributed by atoms with Gasteiger partial charge in [-0.05, 0) is 49.3 Å². The van der Waals surface area contributed by atoms with Gasteiger partial charge in [0.2, 0.25) is 5.91 Å². The van der Waals surface area contributed by atoms with Gasteiger partial charge in [0.1, 0.15) is 6.04 Å². The normalized spacial score (nSPS) is 19.0. The number of piperazine rings is 1. The first-order chi connectivity index (χ1) is 13.1. The molecule has 27 heavy (non-hydrogen) atoms. The van der Waals surface area contributed by atoms with Crippen molar-refractivity contribution in [1.29, 1.82) is 0 Å². The molecule has 2 fully saturated rings. The van der Waals surface area contributed by atoms with Crippen LogP contribution in [0.1, 0.15) is 29.6 Å². The summed E-state index contributed by atoms with van der Waals surface area (Å²) in [5.74, 6) is 1.43. The van der Waals surface area contributed by atoms with Crippen molar-refractivity contribution in [3.05, 3.63) is 34.9 Å². The molecular weight excluding hydrogens is 382 g/mol. The van der Waals surface area contributed by atoms with Crippen LogP contribution in [0.25, 0.3) is 0 Å². The predicted octanol–water partition coefficient (Wildman–Crippen LogP) is 2.75. The number of thioether (sulfide) groups is 1. The molecule has 1 heterocycles. The maximum Gasteiger partial charge on any atom is 0.253 e. The van der Waals surface area contributed by atoms with E-state index in [-0.39, 0.29) is 11.8 Å². The van der Waals surface area contributed by atoms with E-state index < -0.39 is 6.04 Å². The third kappa shape index (κ3) is 5.87. The second kappa shape index (κ2) is 9.80. The van der Waals surface area contributed by atoms with Crippen LogP contribution in [0.3, 0.4) is 0 Å². The Balaban J connectivity index is 1.58. The van der Waals surface area contributed by atoms with E-state index in [2.05, 4.69) is 10.2 Å². The summed E-state index contributed by atoms with van der Waals surface area (Å²) in [6.45, 7) is 4.50. The lowest BCUT2D eigenvalue weighted by Gasteiger charge is -2.36. The lowest BCUT2D eigenvalue weighted by atomic mass is 10.1. The molecule has 1 saturated carbocycles. The Bertz CT molecular complexity index is 660. The van der Waals surface area contributed by atoms with E-state index >= 15 is 0 Å². The van der Waals surface area contributed by atoms with Crippen molar-refractivity contribution < 1.29 is 9.59 Å². The highest BCUT2D eigenvalue weighted by Crippen LogP contribution is 2.30. The summed E-state index contributed by atoms with van der Waals surface area (Å²) < 4.78 is 0. The number of hydrogen-bond acceptors (Lipinski definition) is 4. The van der Waals surface area contributed by atoms with Crippen molar-refractivity contribution >= 4 is 35.2 Å². The molecule has 7 heteroatoms. The number of nitrogens with one attached hydrogen (secondary N) is 1. The lowest BCUT2D eigenvalue weighted by molar-refractivity contribution is -0.135. The van der Waals surface area contributed by atoms with Crippen molar-refractivity contribution in [3.63, 3.8) is 0 Å². The standard InChI is InChI=1S/C20H28ClN3O2S/c1-27-13-8-18(22-19(25)16-4-2-3-5-17(16)21)20(26)24-11-9-23(10-12-24)14-15-6-7-15/h2-5,15,18H,6-14H2,1H3,(H,22,25). The van der Waals surface area contributed by atoms with Crippen LogP contribution in [-0.4, -0.2) is 72.4 Å². The van der Waals surface area contributed by atoms with Gasteiger partial charge in [-0.15, -0.1) is 0 Å². The highest BCUT2D eigenvalue weighted by atomic mass is 35.5. The Morgan fingerprint density at radius 2 is 1.93 bits per heavy atom. The van der Waals surface area contributed by atoms with E-state index in [9.17, 15) is 9.59 Å². The van der Waals surface area contributed by atoms with Gasteiger partial charge in [-0.3, -0.25) is 14.5 Å². The summed E-state index contributed by atoms with van der Waals surface area (Å²) >= 11 is 7.81. The van der Waals surface area contributed by atoms with Gasteiger partial charge in [-0.25, -0.2) is 0 Å². The first-order valence-electron chi connectivity index (χ1n) is 9.64. The van der Waals surface area contributed by atoms with E-state index in [0.29, 0.717) is 17.0 Å². The van der Waals surface area contributed by atoms with Crippen molar-refractivity contribution in [2.75, 3.05) is 44.7 Å². The van der Waals surface area contributed by atoms with Gasteiger partial charge < -0.3 is 10.2 Å². The topological polar surface area (TPSA) is 52.7 Å². The molecule has 1 atom stereocenters. The minimum Gasteiger partial charge on any atom is -0.340 e. The lowest BCUT2D eigenvalue weighted by Crippen LogP contribution is -2.55. The minimum atomic E-state index is -0.504. The number of carbonyl (C=O) groups is 2. The highest BCUT2D eigenvalue weighted by molar-refractivity contribution is 7.98. The number of amides is 2. The fraction of sp³-hybridized carbons (Fsp3) is 0.600. The van der Waals surface area contributed by atoms with Gasteiger partial charge in [0.05, 0.1) is 10.6 Å². The van der Waals surface area contributed by atoms with Crippen LogP contribution >= 0.6 is 23.4 Å². The van der Waals surface area contributed by atoms with Crippen LogP contribution < -0.4 is 5.32 Å². The minimum absolute atomic E-state index is 0.0236. The summed E-state index contributed by atoms with van der Waals surface area (Å²) in [4.78, 5) is 30.0. The molecule has 148 valence electrons. The first kappa shape index (κ1) is 20.5. The molecule has 0 aromatic heterocycles. The van der Waals surface area contributed by atoms with Crippen LogP contribution in [0.2, 0.25) is 5.02 Å². The molecular formula is C20H28ClN3O2S. The smallest absolute Gasteiger partial charge is 0.253 e. The van der Waals surface area contributed by atoms with E-state index in [1.807, 2.05) is 11.2 Å². The summed E-state index contributed by atoms with van der Waals surface area (Å²) in [5, 5.41) is 3.32. The third-order valence-corrected chi connectivity index (χ3v) is 6.20. The molecule has 1 saturated heterocycles. The van der Waals surface area contributed by atoms with Gasteiger partial charge in [-0.2, -0.15) is 11.8 Å². The molecule has 1 unspecified atom stereocenters. The Morgan fingerprint density at radius 3 is 2.56 bits per heavy atom. The quantitative estimate of drug-likeness (QED) is 0.717. The summed E-state index contributed by atoms with van der Waals surface area (Å²) in [7, 11) is 0. The molecule has 5 nitrogen and oxygen atoms in total. The Labute approximate surface area is 170 Å². The average molecular weight is 410 g/mol. The summed E-state index contributed by atoms with van der Waals surface area (Å²) in [6.07, 6.45) is 5.33. The van der Waals surface area contributed by atoms with Gasteiger partial charge in [-0.1, -0.05) is 23.7 Å². The molecule has 0 spiro atoms. The van der Waals surface area contributed by atoms with E-state index in [1.54, 1.807) is 36.0 Å². The second-order valence-electron chi connectivity index (χ2n) is 7.36. The maximum absolute atomic E-state index is 13.0. The van der Waals surface area contributed by atoms with Gasteiger partial charge >= 0.3 is 0 Å². The van der Waals surface area contributed by atoms with Crippen molar-refractivity contribution in [2.45, 2.75) is 25.3 Å². The SMILES string of the molecule is CSCCC(NC(=O)c1ccccc1Cl)C(=O)N1CCN(CC2CC2)CC1. The zero-order valence-electron chi connectivity index (χ0n) is 15.8. The van der Waals surface area contributed by atoms with Crippen molar-refractivity contribution in [3.8, 4) is 0 Å². The number of rotatable bonds is 8.